The number of rotatable bonds is 0. The third-order valence-corrected chi connectivity index (χ3v) is 1.00. The van der Waals surface area contributed by atoms with Crippen molar-refractivity contribution >= 4 is 52.6 Å². The van der Waals surface area contributed by atoms with Crippen LogP contribution in [0.4, 0.5) is 0 Å². The lowest BCUT2D eigenvalue weighted by molar-refractivity contribution is 0.596. The Bertz CT molecular complexity index is 96.7. The van der Waals surface area contributed by atoms with Crippen molar-refractivity contribution in [3.05, 3.63) is 0 Å². The van der Waals surface area contributed by atoms with Crippen LogP contribution in [-0.4, -0.2) is 9.69 Å². The minimum absolute atomic E-state index is 0.607. The molecule has 0 saturated heterocycles. The van der Waals surface area contributed by atoms with Gasteiger partial charge in [0.1, 0.15) is 11.9 Å². The zero-order valence-corrected chi connectivity index (χ0v) is 6.44. The van der Waals surface area contributed by atoms with Crippen LogP contribution >= 0.6 is 46.7 Å². The van der Waals surface area contributed by atoms with Gasteiger partial charge >= 0.3 is 0 Å². The van der Waals surface area contributed by atoms with Gasteiger partial charge in [-0.25, -0.2) is 0 Å². The van der Waals surface area contributed by atoms with E-state index in [1.54, 1.807) is 0 Å². The average Bonchev–Trinajstić information content (AvgIpc) is 1.62. The van der Waals surface area contributed by atoms with Crippen molar-refractivity contribution in [3.63, 3.8) is 0 Å². The molecule has 0 saturated carbocycles. The van der Waals surface area contributed by atoms with Crippen LogP contribution in [0, 0.1) is 5.41 Å². The van der Waals surface area contributed by atoms with Gasteiger partial charge in [-0.2, -0.15) is 0 Å². The fourth-order valence-electron chi connectivity index (χ4n) is 0.0437. The molecular formula is C2HCl4NO. The van der Waals surface area contributed by atoms with Crippen molar-refractivity contribution in [3.8, 4) is 0 Å². The van der Waals surface area contributed by atoms with Gasteiger partial charge in [-0.1, -0.05) is 34.8 Å². The zero-order valence-electron chi connectivity index (χ0n) is 3.42. The molecule has 0 atom stereocenters. The standard InChI is InChI=1S/C2HCl4NO/c3-2(4,5)1(7)8-6/h7H. The summed E-state index contributed by atoms with van der Waals surface area (Å²) < 4.78 is 1.93. The molecule has 0 spiro atoms. The number of alkyl halides is 3. The lowest BCUT2D eigenvalue weighted by Crippen LogP contribution is -2.17. The quantitative estimate of drug-likeness (QED) is 0.361. The number of hydrogen-bond donors (Lipinski definition) is 1. The number of halogens is 4. The van der Waals surface area contributed by atoms with E-state index in [-0.39, 0.29) is 0 Å². The first-order chi connectivity index (χ1) is 3.48. The second kappa shape index (κ2) is 2.97. The molecule has 0 aromatic heterocycles. The highest BCUT2D eigenvalue weighted by atomic mass is 35.6. The van der Waals surface area contributed by atoms with E-state index in [0.29, 0.717) is 0 Å². The van der Waals surface area contributed by atoms with Gasteiger partial charge in [-0.3, -0.25) is 5.41 Å². The van der Waals surface area contributed by atoms with Gasteiger partial charge in [0, 0.05) is 0 Å². The molecule has 8 heavy (non-hydrogen) atoms. The second-order valence-electron chi connectivity index (χ2n) is 0.904. The molecule has 0 aromatic carbocycles. The summed E-state index contributed by atoms with van der Waals surface area (Å²) in [7, 11) is 0. The van der Waals surface area contributed by atoms with Gasteiger partial charge in [-0.05, 0) is 0 Å². The maximum atomic E-state index is 6.64. The van der Waals surface area contributed by atoms with Crippen molar-refractivity contribution in [1.29, 1.82) is 5.41 Å². The molecule has 6 heteroatoms. The molecule has 0 aromatic rings. The first kappa shape index (κ1) is 8.63. The van der Waals surface area contributed by atoms with Crippen LogP contribution in [-0.2, 0) is 4.29 Å². The van der Waals surface area contributed by atoms with E-state index in [1.807, 2.05) is 0 Å². The number of nitrogens with one attached hydrogen (secondary N) is 1. The summed E-state index contributed by atoms with van der Waals surface area (Å²) in [5.41, 5.74) is 0. The highest BCUT2D eigenvalue weighted by Crippen LogP contribution is 2.27. The predicted octanol–water partition coefficient (Wildman–Crippen LogP) is 2.50. The van der Waals surface area contributed by atoms with E-state index in [2.05, 4.69) is 16.2 Å². The predicted molar refractivity (Wildman–Crippen MR) is 35.0 cm³/mol. The van der Waals surface area contributed by atoms with Crippen LogP contribution in [0.15, 0.2) is 0 Å². The topological polar surface area (TPSA) is 33.1 Å². The number of hydrogen-bond acceptors (Lipinski definition) is 2. The molecular weight excluding hydrogens is 196 g/mol. The first-order valence-corrected chi connectivity index (χ1v) is 2.87. The molecule has 0 heterocycles. The summed E-state index contributed by atoms with van der Waals surface area (Å²) in [4.78, 5) is 0. The van der Waals surface area contributed by atoms with Gasteiger partial charge in [0.2, 0.25) is 0 Å². The summed E-state index contributed by atoms with van der Waals surface area (Å²) in [6, 6.07) is 0. The van der Waals surface area contributed by atoms with Crippen molar-refractivity contribution < 1.29 is 4.29 Å². The third-order valence-electron chi connectivity index (χ3n) is 0.335. The Morgan fingerprint density at radius 3 is 1.75 bits per heavy atom. The Labute approximate surface area is 66.3 Å². The highest BCUT2D eigenvalue weighted by molar-refractivity contribution is 6.76. The molecule has 0 radical (unpaired) electrons. The van der Waals surface area contributed by atoms with Crippen molar-refractivity contribution in [1.82, 2.24) is 0 Å². The summed E-state index contributed by atoms with van der Waals surface area (Å²) >= 11 is 19.9. The Morgan fingerprint density at radius 2 is 1.75 bits per heavy atom. The van der Waals surface area contributed by atoms with Gasteiger partial charge in [-0.15, -0.1) is 0 Å². The molecule has 0 rings (SSSR count). The Hall–Kier alpha value is 0.630. The van der Waals surface area contributed by atoms with E-state index in [1.165, 1.54) is 0 Å². The Morgan fingerprint density at radius 1 is 1.38 bits per heavy atom. The lowest BCUT2D eigenvalue weighted by Gasteiger charge is -2.06. The second-order valence-corrected chi connectivity index (χ2v) is 3.34. The van der Waals surface area contributed by atoms with Crippen LogP contribution < -0.4 is 0 Å². The van der Waals surface area contributed by atoms with E-state index in [9.17, 15) is 0 Å². The van der Waals surface area contributed by atoms with Crippen LogP contribution in [0.2, 0.25) is 0 Å². The lowest BCUT2D eigenvalue weighted by atomic mass is 10.8. The molecule has 0 aliphatic rings. The minimum Gasteiger partial charge on any atom is -0.365 e. The maximum Gasteiger partial charge on any atom is 0.267 e. The van der Waals surface area contributed by atoms with Gasteiger partial charge in [0.25, 0.3) is 9.69 Å². The largest absolute Gasteiger partial charge is 0.365 e. The first-order valence-electron chi connectivity index (χ1n) is 1.43. The average molecular weight is 197 g/mol. The van der Waals surface area contributed by atoms with Crippen LogP contribution in [0.1, 0.15) is 0 Å². The van der Waals surface area contributed by atoms with Crippen LogP contribution in [0.5, 0.6) is 0 Å². The smallest absolute Gasteiger partial charge is 0.267 e. The van der Waals surface area contributed by atoms with E-state index < -0.39 is 9.69 Å². The zero-order chi connectivity index (χ0) is 6.78. The Balaban J connectivity index is 3.82. The summed E-state index contributed by atoms with van der Waals surface area (Å²) in [5.74, 6) is -0.607. The third kappa shape index (κ3) is 2.82. The van der Waals surface area contributed by atoms with E-state index >= 15 is 0 Å². The van der Waals surface area contributed by atoms with Gasteiger partial charge in [0.15, 0.2) is 0 Å². The molecule has 0 fully saturated rings. The van der Waals surface area contributed by atoms with Crippen molar-refractivity contribution in [2.75, 3.05) is 0 Å². The van der Waals surface area contributed by atoms with Gasteiger partial charge < -0.3 is 4.29 Å². The molecule has 2 nitrogen and oxygen atoms in total. The van der Waals surface area contributed by atoms with E-state index in [0.717, 1.165) is 0 Å². The van der Waals surface area contributed by atoms with Crippen molar-refractivity contribution in [2.24, 2.45) is 0 Å². The van der Waals surface area contributed by atoms with E-state index in [4.69, 9.17) is 40.2 Å². The van der Waals surface area contributed by atoms with Crippen LogP contribution in [0.25, 0.3) is 0 Å². The summed E-state index contributed by atoms with van der Waals surface area (Å²) in [5, 5.41) is 6.64. The molecule has 0 aliphatic heterocycles. The monoisotopic (exact) mass is 195 g/mol. The summed E-state index contributed by atoms with van der Waals surface area (Å²) in [6.45, 7) is 0. The summed E-state index contributed by atoms with van der Waals surface area (Å²) in [6.07, 6.45) is 0. The molecule has 1 N–H and O–H groups in total. The highest BCUT2D eigenvalue weighted by Gasteiger charge is 2.28. The minimum atomic E-state index is -1.85. The normalized spacial score (nSPS) is 11.0. The molecule has 0 unspecified atom stereocenters. The van der Waals surface area contributed by atoms with Gasteiger partial charge in [0.05, 0.1) is 0 Å². The Kier molecular flexibility index (Phi) is 3.20. The molecule has 0 aliphatic carbocycles. The fraction of sp³-hybridized carbons (Fsp3) is 0.500. The molecule has 0 amide bonds. The molecule has 0 bridgehead atoms. The van der Waals surface area contributed by atoms with Crippen LogP contribution in [0.3, 0.4) is 0 Å². The molecule has 48 valence electrons. The fourth-order valence-corrected chi connectivity index (χ4v) is 0.394. The maximum absolute atomic E-state index is 6.64. The SMILES string of the molecule is N=C(OCl)C(Cl)(Cl)Cl. The van der Waals surface area contributed by atoms with Crippen molar-refractivity contribution in [2.45, 2.75) is 3.79 Å².